The molecule has 0 aliphatic heterocycles. The molecule has 1 heteroatoms. The molecule has 0 aromatic heterocycles. The van der Waals surface area contributed by atoms with Crippen molar-refractivity contribution >= 4 is 6.08 Å². The fourth-order valence-corrected chi connectivity index (χ4v) is 2.41. The van der Waals surface area contributed by atoms with E-state index in [1.54, 1.807) is 0 Å². The highest BCUT2D eigenvalue weighted by molar-refractivity contribution is 5.48. The van der Waals surface area contributed by atoms with Gasteiger partial charge in [-0.1, -0.05) is 55.3 Å². The molecule has 1 aliphatic rings. The first kappa shape index (κ1) is 11.4. The number of hydrogen-bond acceptors (Lipinski definition) is 1. The fourth-order valence-electron chi connectivity index (χ4n) is 2.41. The van der Waals surface area contributed by atoms with Gasteiger partial charge in [-0.05, 0) is 30.7 Å². The smallest absolute Gasteiger partial charge is 0.0571 e. The van der Waals surface area contributed by atoms with E-state index in [4.69, 9.17) is 0 Å². The van der Waals surface area contributed by atoms with E-state index < -0.39 is 0 Å². The fraction of sp³-hybridized carbons (Fsp3) is 0.467. The SMILES string of the molecule is OC1CCCCC1CC=Cc1ccccc1. The van der Waals surface area contributed by atoms with Crippen molar-refractivity contribution in [1.82, 2.24) is 0 Å². The van der Waals surface area contributed by atoms with E-state index in [2.05, 4.69) is 36.4 Å². The quantitative estimate of drug-likeness (QED) is 0.817. The Labute approximate surface area is 97.8 Å². The van der Waals surface area contributed by atoms with Gasteiger partial charge in [0.1, 0.15) is 0 Å². The Morgan fingerprint density at radius 3 is 2.62 bits per heavy atom. The molecule has 1 N–H and O–H groups in total. The van der Waals surface area contributed by atoms with Gasteiger partial charge in [-0.3, -0.25) is 0 Å². The van der Waals surface area contributed by atoms with E-state index >= 15 is 0 Å². The first-order valence-corrected chi connectivity index (χ1v) is 6.26. The number of aliphatic hydroxyl groups excluding tert-OH is 1. The summed E-state index contributed by atoms with van der Waals surface area (Å²) in [4.78, 5) is 0. The van der Waals surface area contributed by atoms with Gasteiger partial charge in [-0.2, -0.15) is 0 Å². The second-order valence-electron chi connectivity index (χ2n) is 4.66. The van der Waals surface area contributed by atoms with Crippen molar-refractivity contribution in [2.24, 2.45) is 5.92 Å². The van der Waals surface area contributed by atoms with Crippen molar-refractivity contribution in [2.45, 2.75) is 38.2 Å². The van der Waals surface area contributed by atoms with Crippen LogP contribution in [0.1, 0.15) is 37.7 Å². The van der Waals surface area contributed by atoms with Gasteiger partial charge >= 0.3 is 0 Å². The zero-order valence-electron chi connectivity index (χ0n) is 9.68. The largest absolute Gasteiger partial charge is 0.393 e. The van der Waals surface area contributed by atoms with Crippen LogP contribution < -0.4 is 0 Å². The van der Waals surface area contributed by atoms with Gasteiger partial charge in [0.2, 0.25) is 0 Å². The molecule has 1 aromatic rings. The third-order valence-corrected chi connectivity index (χ3v) is 3.42. The summed E-state index contributed by atoms with van der Waals surface area (Å²) in [6, 6.07) is 10.3. The van der Waals surface area contributed by atoms with Gasteiger partial charge in [0.05, 0.1) is 6.10 Å². The minimum Gasteiger partial charge on any atom is -0.393 e. The molecule has 0 amide bonds. The van der Waals surface area contributed by atoms with Crippen LogP contribution in [0.3, 0.4) is 0 Å². The summed E-state index contributed by atoms with van der Waals surface area (Å²) in [7, 11) is 0. The van der Waals surface area contributed by atoms with Crippen molar-refractivity contribution in [3.05, 3.63) is 42.0 Å². The van der Waals surface area contributed by atoms with E-state index in [-0.39, 0.29) is 6.10 Å². The second kappa shape index (κ2) is 5.86. The maximum atomic E-state index is 9.83. The van der Waals surface area contributed by atoms with Crippen molar-refractivity contribution in [3.8, 4) is 0 Å². The average molecular weight is 216 g/mol. The number of benzene rings is 1. The summed E-state index contributed by atoms with van der Waals surface area (Å²) >= 11 is 0. The average Bonchev–Trinajstić information content (AvgIpc) is 2.33. The van der Waals surface area contributed by atoms with E-state index in [0.29, 0.717) is 5.92 Å². The van der Waals surface area contributed by atoms with Crippen LogP contribution in [-0.4, -0.2) is 11.2 Å². The minimum atomic E-state index is -0.0748. The van der Waals surface area contributed by atoms with Crippen molar-refractivity contribution in [2.75, 3.05) is 0 Å². The zero-order valence-corrected chi connectivity index (χ0v) is 9.68. The highest BCUT2D eigenvalue weighted by atomic mass is 16.3. The summed E-state index contributed by atoms with van der Waals surface area (Å²) in [6.07, 6.45) is 9.94. The molecule has 0 bridgehead atoms. The molecule has 1 nitrogen and oxygen atoms in total. The lowest BCUT2D eigenvalue weighted by Gasteiger charge is -2.26. The third kappa shape index (κ3) is 3.21. The summed E-state index contributed by atoms with van der Waals surface area (Å²) in [5.74, 6) is 0.480. The van der Waals surface area contributed by atoms with Crippen molar-refractivity contribution in [1.29, 1.82) is 0 Å². The van der Waals surface area contributed by atoms with Gasteiger partial charge in [-0.25, -0.2) is 0 Å². The molecule has 0 heterocycles. The predicted molar refractivity (Wildman–Crippen MR) is 68.1 cm³/mol. The Bertz CT molecular complexity index is 329. The normalized spacial score (nSPS) is 26.1. The Morgan fingerprint density at radius 2 is 1.88 bits per heavy atom. The number of rotatable bonds is 3. The first-order valence-electron chi connectivity index (χ1n) is 6.26. The summed E-state index contributed by atoms with van der Waals surface area (Å²) in [6.45, 7) is 0. The third-order valence-electron chi connectivity index (χ3n) is 3.42. The van der Waals surface area contributed by atoms with E-state index in [0.717, 1.165) is 12.8 Å². The molecule has 86 valence electrons. The van der Waals surface area contributed by atoms with Gasteiger partial charge < -0.3 is 5.11 Å². The Morgan fingerprint density at radius 1 is 1.12 bits per heavy atom. The van der Waals surface area contributed by atoms with Gasteiger partial charge in [0.15, 0.2) is 0 Å². The highest BCUT2D eigenvalue weighted by Crippen LogP contribution is 2.27. The van der Waals surface area contributed by atoms with Crippen LogP contribution in [0.4, 0.5) is 0 Å². The molecular weight excluding hydrogens is 196 g/mol. The van der Waals surface area contributed by atoms with Crippen LogP contribution in [0.25, 0.3) is 6.08 Å². The second-order valence-corrected chi connectivity index (χ2v) is 4.66. The summed E-state index contributed by atoms with van der Waals surface area (Å²) in [5.41, 5.74) is 1.24. The Hall–Kier alpha value is -1.08. The van der Waals surface area contributed by atoms with Crippen molar-refractivity contribution in [3.63, 3.8) is 0 Å². The molecule has 1 saturated carbocycles. The van der Waals surface area contributed by atoms with Crippen molar-refractivity contribution < 1.29 is 5.11 Å². The highest BCUT2D eigenvalue weighted by Gasteiger charge is 2.21. The van der Waals surface area contributed by atoms with Crippen LogP contribution in [0.15, 0.2) is 36.4 Å². The molecule has 2 atom stereocenters. The Balaban J connectivity index is 1.84. The van der Waals surface area contributed by atoms with E-state index in [1.807, 2.05) is 6.07 Å². The maximum Gasteiger partial charge on any atom is 0.0571 e. The molecule has 0 radical (unpaired) electrons. The van der Waals surface area contributed by atoms with E-state index in [1.165, 1.54) is 24.8 Å². The topological polar surface area (TPSA) is 20.2 Å². The monoisotopic (exact) mass is 216 g/mol. The molecule has 1 fully saturated rings. The summed E-state index contributed by atoms with van der Waals surface area (Å²) in [5, 5.41) is 9.83. The van der Waals surface area contributed by atoms with Crippen LogP contribution in [-0.2, 0) is 0 Å². The lowest BCUT2D eigenvalue weighted by Crippen LogP contribution is -2.23. The van der Waals surface area contributed by atoms with Gasteiger partial charge in [0, 0.05) is 0 Å². The molecule has 1 aliphatic carbocycles. The molecule has 0 spiro atoms. The first-order chi connectivity index (χ1) is 7.86. The standard InChI is InChI=1S/C15H20O/c16-15-12-5-4-10-14(15)11-6-9-13-7-2-1-3-8-13/h1-3,6-9,14-16H,4-5,10-12H2. The number of hydrogen-bond donors (Lipinski definition) is 1. The van der Waals surface area contributed by atoms with Crippen LogP contribution in [0.2, 0.25) is 0 Å². The minimum absolute atomic E-state index is 0.0748. The molecule has 2 rings (SSSR count). The van der Waals surface area contributed by atoms with E-state index in [9.17, 15) is 5.11 Å². The number of aliphatic hydroxyl groups is 1. The van der Waals surface area contributed by atoms with Crippen LogP contribution >= 0.6 is 0 Å². The lowest BCUT2D eigenvalue weighted by atomic mass is 9.84. The van der Waals surface area contributed by atoms with Gasteiger partial charge in [0.25, 0.3) is 0 Å². The molecule has 1 aromatic carbocycles. The summed E-state index contributed by atoms with van der Waals surface area (Å²) < 4.78 is 0. The predicted octanol–water partition coefficient (Wildman–Crippen LogP) is 3.64. The molecule has 16 heavy (non-hydrogen) atoms. The van der Waals surface area contributed by atoms with Crippen LogP contribution in [0, 0.1) is 5.92 Å². The Kier molecular flexibility index (Phi) is 4.17. The number of allylic oxidation sites excluding steroid dienone is 1. The zero-order chi connectivity index (χ0) is 11.2. The molecular formula is C15H20O. The van der Waals surface area contributed by atoms with Gasteiger partial charge in [-0.15, -0.1) is 0 Å². The molecule has 2 unspecified atom stereocenters. The maximum absolute atomic E-state index is 9.83. The molecule has 0 saturated heterocycles. The van der Waals surface area contributed by atoms with Crippen LogP contribution in [0.5, 0.6) is 0 Å². The lowest BCUT2D eigenvalue weighted by molar-refractivity contribution is 0.0715.